The number of carbonyl (C=O) groups excluding carboxylic acids is 2. The van der Waals surface area contributed by atoms with Crippen LogP contribution in [0.2, 0.25) is 0 Å². The number of nitrogens with zero attached hydrogens (tertiary/aromatic N) is 1. The molecule has 1 saturated heterocycles. The van der Waals surface area contributed by atoms with E-state index in [2.05, 4.69) is 19.2 Å². The van der Waals surface area contributed by atoms with Crippen molar-refractivity contribution in [3.63, 3.8) is 0 Å². The first-order chi connectivity index (χ1) is 15.5. The summed E-state index contributed by atoms with van der Waals surface area (Å²) in [4.78, 5) is 28.3. The van der Waals surface area contributed by atoms with Crippen LogP contribution in [-0.4, -0.2) is 43.0 Å². The van der Waals surface area contributed by atoms with E-state index in [9.17, 15) is 9.59 Å². The summed E-state index contributed by atoms with van der Waals surface area (Å²) < 4.78 is 11.6. The van der Waals surface area contributed by atoms with Crippen LogP contribution in [0.25, 0.3) is 0 Å². The zero-order valence-corrected chi connectivity index (χ0v) is 19.1. The summed E-state index contributed by atoms with van der Waals surface area (Å²) >= 11 is 0. The van der Waals surface area contributed by atoms with E-state index in [1.165, 1.54) is 0 Å². The van der Waals surface area contributed by atoms with E-state index in [0.717, 1.165) is 30.8 Å². The number of carbonyl (C=O) groups is 2. The minimum Gasteiger partial charge on any atom is -0.490 e. The fraction of sp³-hybridized carbons (Fsp3) is 0.462. The molecule has 0 spiro atoms. The van der Waals surface area contributed by atoms with Gasteiger partial charge in [-0.1, -0.05) is 38.1 Å². The molecule has 2 aromatic carbocycles. The Balaban J connectivity index is 1.48. The van der Waals surface area contributed by atoms with E-state index in [1.807, 2.05) is 42.2 Å². The zero-order chi connectivity index (χ0) is 22.7. The van der Waals surface area contributed by atoms with Gasteiger partial charge in [0.05, 0.1) is 23.8 Å². The molecule has 0 saturated carbocycles. The van der Waals surface area contributed by atoms with Gasteiger partial charge in [0.25, 0.3) is 5.91 Å². The third-order valence-corrected chi connectivity index (χ3v) is 6.20. The van der Waals surface area contributed by atoms with Crippen LogP contribution in [0.15, 0.2) is 42.5 Å². The molecule has 0 radical (unpaired) electrons. The number of hydrogen-bond acceptors (Lipinski definition) is 4. The zero-order valence-electron chi connectivity index (χ0n) is 19.1. The largest absolute Gasteiger partial charge is 0.490 e. The standard InChI is InChI=1S/C26H32N2O4/c1-4-31-23-11-7-8-19-13-20(16-32-24(19)23)25(29)27-22-10-6-5-9-21(22)26(30)28-14-17(2)12-18(3)15-28/h5-11,17-18,20H,4,12-16H2,1-3H3,(H,27,29). The van der Waals surface area contributed by atoms with Crippen LogP contribution in [0.5, 0.6) is 11.5 Å². The van der Waals surface area contributed by atoms with E-state index in [-0.39, 0.29) is 24.3 Å². The van der Waals surface area contributed by atoms with Gasteiger partial charge in [-0.3, -0.25) is 9.59 Å². The van der Waals surface area contributed by atoms with Crippen LogP contribution in [0.1, 0.15) is 43.1 Å². The lowest BCUT2D eigenvalue weighted by Gasteiger charge is -2.35. The second-order valence-corrected chi connectivity index (χ2v) is 9.08. The molecule has 1 N–H and O–H groups in total. The Morgan fingerprint density at radius 2 is 1.84 bits per heavy atom. The Bertz CT molecular complexity index is 980. The average molecular weight is 437 g/mol. The SMILES string of the molecule is CCOc1cccc2c1OCC(C(=O)Nc1ccccc1C(=O)N1CC(C)CC(C)C1)C2. The molecule has 1 fully saturated rings. The molecule has 0 bridgehead atoms. The van der Waals surface area contributed by atoms with Crippen molar-refractivity contribution in [1.82, 2.24) is 4.90 Å². The molecule has 2 amide bonds. The van der Waals surface area contributed by atoms with Gasteiger partial charge in [0.15, 0.2) is 11.5 Å². The van der Waals surface area contributed by atoms with E-state index in [4.69, 9.17) is 9.47 Å². The highest BCUT2D eigenvalue weighted by Gasteiger charge is 2.30. The number of piperidine rings is 1. The predicted octanol–water partition coefficient (Wildman–Crippen LogP) is 4.39. The molecular weight excluding hydrogens is 404 g/mol. The van der Waals surface area contributed by atoms with Gasteiger partial charge >= 0.3 is 0 Å². The molecule has 32 heavy (non-hydrogen) atoms. The Hall–Kier alpha value is -3.02. The lowest BCUT2D eigenvalue weighted by molar-refractivity contribution is -0.121. The quantitative estimate of drug-likeness (QED) is 0.755. The minimum atomic E-state index is -0.336. The Morgan fingerprint density at radius 1 is 1.09 bits per heavy atom. The highest BCUT2D eigenvalue weighted by molar-refractivity contribution is 6.04. The molecule has 3 atom stereocenters. The number of amides is 2. The smallest absolute Gasteiger partial charge is 0.255 e. The van der Waals surface area contributed by atoms with E-state index < -0.39 is 0 Å². The van der Waals surface area contributed by atoms with Gasteiger partial charge in [0.2, 0.25) is 5.91 Å². The number of rotatable bonds is 5. The van der Waals surface area contributed by atoms with Gasteiger partial charge in [-0.05, 0) is 55.4 Å². The van der Waals surface area contributed by atoms with Crippen molar-refractivity contribution in [1.29, 1.82) is 0 Å². The van der Waals surface area contributed by atoms with Gasteiger partial charge < -0.3 is 19.7 Å². The second kappa shape index (κ2) is 9.63. The van der Waals surface area contributed by atoms with E-state index in [1.54, 1.807) is 12.1 Å². The summed E-state index contributed by atoms with van der Waals surface area (Å²) in [5, 5.41) is 3.00. The number of ether oxygens (including phenoxy) is 2. The van der Waals surface area contributed by atoms with Crippen molar-refractivity contribution in [2.75, 3.05) is 31.6 Å². The number of para-hydroxylation sites is 2. The molecule has 3 unspecified atom stereocenters. The maximum Gasteiger partial charge on any atom is 0.255 e. The van der Waals surface area contributed by atoms with Crippen molar-refractivity contribution in [3.8, 4) is 11.5 Å². The minimum absolute atomic E-state index is 0.0223. The first kappa shape index (κ1) is 22.2. The molecule has 2 heterocycles. The van der Waals surface area contributed by atoms with Crippen molar-refractivity contribution < 1.29 is 19.1 Å². The normalized spacial score (nSPS) is 22.5. The van der Waals surface area contributed by atoms with Crippen molar-refractivity contribution in [2.24, 2.45) is 17.8 Å². The average Bonchev–Trinajstić information content (AvgIpc) is 2.78. The van der Waals surface area contributed by atoms with Crippen molar-refractivity contribution >= 4 is 17.5 Å². The predicted molar refractivity (Wildman–Crippen MR) is 124 cm³/mol. The Morgan fingerprint density at radius 3 is 2.59 bits per heavy atom. The highest BCUT2D eigenvalue weighted by atomic mass is 16.5. The van der Waals surface area contributed by atoms with Crippen LogP contribution >= 0.6 is 0 Å². The maximum absolute atomic E-state index is 13.3. The van der Waals surface area contributed by atoms with Gasteiger partial charge in [-0.15, -0.1) is 0 Å². The van der Waals surface area contributed by atoms with E-state index in [0.29, 0.717) is 41.9 Å². The number of nitrogens with one attached hydrogen (secondary N) is 1. The summed E-state index contributed by atoms with van der Waals surface area (Å²) in [6.45, 7) is 8.64. The molecule has 0 aliphatic carbocycles. The maximum atomic E-state index is 13.3. The lowest BCUT2D eigenvalue weighted by Crippen LogP contribution is -2.43. The topological polar surface area (TPSA) is 67.9 Å². The Kier molecular flexibility index (Phi) is 6.68. The number of likely N-dealkylation sites (tertiary alicyclic amines) is 1. The third-order valence-electron chi connectivity index (χ3n) is 6.20. The van der Waals surface area contributed by atoms with Gasteiger partial charge in [-0.2, -0.15) is 0 Å². The monoisotopic (exact) mass is 436 g/mol. The van der Waals surface area contributed by atoms with Gasteiger partial charge in [0.1, 0.15) is 6.61 Å². The fourth-order valence-corrected chi connectivity index (χ4v) is 4.84. The molecule has 6 nitrogen and oxygen atoms in total. The van der Waals surface area contributed by atoms with E-state index >= 15 is 0 Å². The highest BCUT2D eigenvalue weighted by Crippen LogP contribution is 2.36. The summed E-state index contributed by atoms with van der Waals surface area (Å²) in [6.07, 6.45) is 1.70. The molecule has 2 aliphatic heterocycles. The van der Waals surface area contributed by atoms with Crippen LogP contribution < -0.4 is 14.8 Å². The molecule has 2 aliphatic rings. The van der Waals surface area contributed by atoms with Crippen LogP contribution in [0, 0.1) is 17.8 Å². The van der Waals surface area contributed by atoms with Crippen molar-refractivity contribution in [2.45, 2.75) is 33.6 Å². The molecule has 2 aromatic rings. The number of benzene rings is 2. The summed E-state index contributed by atoms with van der Waals surface area (Å²) in [5.41, 5.74) is 2.06. The summed E-state index contributed by atoms with van der Waals surface area (Å²) in [6, 6.07) is 13.0. The summed E-state index contributed by atoms with van der Waals surface area (Å²) in [7, 11) is 0. The van der Waals surface area contributed by atoms with Crippen LogP contribution in [-0.2, 0) is 11.2 Å². The third kappa shape index (κ3) is 4.74. The lowest BCUT2D eigenvalue weighted by atomic mass is 9.91. The molecular formula is C26H32N2O4. The summed E-state index contributed by atoms with van der Waals surface area (Å²) in [5.74, 6) is 1.89. The fourth-order valence-electron chi connectivity index (χ4n) is 4.84. The van der Waals surface area contributed by atoms with Gasteiger partial charge in [0, 0.05) is 13.1 Å². The van der Waals surface area contributed by atoms with Crippen LogP contribution in [0.4, 0.5) is 5.69 Å². The first-order valence-electron chi connectivity index (χ1n) is 11.5. The molecule has 6 heteroatoms. The molecule has 4 rings (SSSR count). The number of anilines is 1. The molecule has 0 aromatic heterocycles. The second-order valence-electron chi connectivity index (χ2n) is 9.08. The van der Waals surface area contributed by atoms with Gasteiger partial charge in [-0.25, -0.2) is 0 Å². The first-order valence-corrected chi connectivity index (χ1v) is 11.5. The number of hydrogen-bond donors (Lipinski definition) is 1. The Labute approximate surface area is 189 Å². The van der Waals surface area contributed by atoms with Crippen LogP contribution in [0.3, 0.4) is 0 Å². The van der Waals surface area contributed by atoms with Crippen molar-refractivity contribution in [3.05, 3.63) is 53.6 Å². The molecule has 170 valence electrons. The number of fused-ring (bicyclic) bond motifs is 1.